The minimum Gasteiger partial charge on any atom is -0.352 e. The topological polar surface area (TPSA) is 84.1 Å². The number of hydrogen-bond donors (Lipinski definition) is 2. The molecule has 0 aliphatic heterocycles. The molecular formula is C11H17N5O. The van der Waals surface area contributed by atoms with Crippen molar-refractivity contribution in [3.8, 4) is 0 Å². The van der Waals surface area contributed by atoms with Crippen LogP contribution in [0.15, 0.2) is 12.3 Å². The summed E-state index contributed by atoms with van der Waals surface area (Å²) in [7, 11) is 1.79. The Balaban J connectivity index is 1.92. The number of likely N-dealkylation sites (N-methyl/N-ethyl adjacent to an activating group) is 1. The Morgan fingerprint density at radius 1 is 1.65 bits per heavy atom. The summed E-state index contributed by atoms with van der Waals surface area (Å²) in [6.45, 7) is 0.641. The number of carbonyl (C=O) groups is 1. The second-order valence-corrected chi connectivity index (χ2v) is 4.25. The third kappa shape index (κ3) is 3.39. The first-order valence-corrected chi connectivity index (χ1v) is 5.71. The number of carbonyl (C=O) groups excluding carboxylic acids is 1. The number of aromatic nitrogens is 2. The second-order valence-electron chi connectivity index (χ2n) is 4.25. The predicted octanol–water partition coefficient (Wildman–Crippen LogP) is -0.350. The van der Waals surface area contributed by atoms with Crippen molar-refractivity contribution in [3.05, 3.63) is 18.0 Å². The van der Waals surface area contributed by atoms with Gasteiger partial charge in [-0.3, -0.25) is 4.79 Å². The minimum atomic E-state index is 0.0109. The van der Waals surface area contributed by atoms with E-state index in [9.17, 15) is 4.79 Å². The van der Waals surface area contributed by atoms with Gasteiger partial charge in [-0.1, -0.05) is 0 Å². The molecule has 1 aromatic heterocycles. The lowest BCUT2D eigenvalue weighted by Gasteiger charge is -2.16. The fourth-order valence-corrected chi connectivity index (χ4v) is 1.47. The van der Waals surface area contributed by atoms with Crippen LogP contribution in [0.5, 0.6) is 0 Å². The van der Waals surface area contributed by atoms with Gasteiger partial charge in [-0.25, -0.2) is 9.97 Å². The highest BCUT2D eigenvalue weighted by atomic mass is 16.2. The van der Waals surface area contributed by atoms with Gasteiger partial charge in [-0.15, -0.1) is 0 Å². The number of nitrogens with zero attached hydrogens (tertiary/aromatic N) is 3. The van der Waals surface area contributed by atoms with Crippen LogP contribution in [0.2, 0.25) is 0 Å². The quantitative estimate of drug-likeness (QED) is 0.728. The summed E-state index contributed by atoms with van der Waals surface area (Å²) >= 11 is 0. The molecule has 0 spiro atoms. The molecule has 1 aliphatic carbocycles. The molecule has 1 saturated carbocycles. The molecule has 0 bridgehead atoms. The van der Waals surface area contributed by atoms with Crippen LogP contribution >= 0.6 is 0 Å². The largest absolute Gasteiger partial charge is 0.352 e. The molecular weight excluding hydrogens is 218 g/mol. The average Bonchev–Trinajstić information content (AvgIpc) is 3.12. The minimum absolute atomic E-state index is 0.0109. The molecule has 6 heteroatoms. The SMILES string of the molecule is CN(CC(=O)NC1CC1)c1nccc(CN)n1. The zero-order valence-corrected chi connectivity index (χ0v) is 9.89. The van der Waals surface area contributed by atoms with Gasteiger partial charge in [-0.05, 0) is 18.9 Å². The van der Waals surface area contributed by atoms with Crippen LogP contribution in [-0.4, -0.2) is 35.5 Å². The summed E-state index contributed by atoms with van der Waals surface area (Å²) in [5.41, 5.74) is 6.27. The molecule has 92 valence electrons. The van der Waals surface area contributed by atoms with Crippen molar-refractivity contribution in [2.45, 2.75) is 25.4 Å². The van der Waals surface area contributed by atoms with Gasteiger partial charge < -0.3 is 16.0 Å². The lowest BCUT2D eigenvalue weighted by Crippen LogP contribution is -2.37. The Morgan fingerprint density at radius 2 is 2.41 bits per heavy atom. The normalized spacial score (nSPS) is 14.5. The van der Waals surface area contributed by atoms with E-state index < -0.39 is 0 Å². The molecule has 0 unspecified atom stereocenters. The van der Waals surface area contributed by atoms with Crippen molar-refractivity contribution in [3.63, 3.8) is 0 Å². The highest BCUT2D eigenvalue weighted by Crippen LogP contribution is 2.18. The average molecular weight is 235 g/mol. The maximum atomic E-state index is 11.6. The van der Waals surface area contributed by atoms with E-state index in [0.717, 1.165) is 18.5 Å². The lowest BCUT2D eigenvalue weighted by atomic mass is 10.4. The fourth-order valence-electron chi connectivity index (χ4n) is 1.47. The smallest absolute Gasteiger partial charge is 0.239 e. The van der Waals surface area contributed by atoms with Gasteiger partial charge in [0, 0.05) is 25.8 Å². The van der Waals surface area contributed by atoms with Crippen molar-refractivity contribution < 1.29 is 4.79 Å². The van der Waals surface area contributed by atoms with Gasteiger partial charge in [0.05, 0.1) is 12.2 Å². The summed E-state index contributed by atoms with van der Waals surface area (Å²) < 4.78 is 0. The molecule has 3 N–H and O–H groups in total. The first kappa shape index (κ1) is 11.8. The number of nitrogens with one attached hydrogen (secondary N) is 1. The van der Waals surface area contributed by atoms with Crippen LogP contribution in [-0.2, 0) is 11.3 Å². The number of amides is 1. The third-order valence-corrected chi connectivity index (χ3v) is 2.57. The van der Waals surface area contributed by atoms with E-state index in [4.69, 9.17) is 5.73 Å². The van der Waals surface area contributed by atoms with Crippen molar-refractivity contribution >= 4 is 11.9 Å². The fraction of sp³-hybridized carbons (Fsp3) is 0.545. The van der Waals surface area contributed by atoms with E-state index in [-0.39, 0.29) is 12.5 Å². The molecule has 0 radical (unpaired) electrons. The molecule has 1 aromatic rings. The standard InChI is InChI=1S/C11H17N5O/c1-16(7-10(17)14-8-2-3-8)11-13-5-4-9(6-12)15-11/h4-5,8H,2-3,6-7,12H2,1H3,(H,14,17). The highest BCUT2D eigenvalue weighted by Gasteiger charge is 2.23. The molecule has 6 nitrogen and oxygen atoms in total. The van der Waals surface area contributed by atoms with E-state index >= 15 is 0 Å². The van der Waals surface area contributed by atoms with E-state index in [1.807, 2.05) is 0 Å². The van der Waals surface area contributed by atoms with Crippen LogP contribution in [0.1, 0.15) is 18.5 Å². The van der Waals surface area contributed by atoms with Gasteiger partial charge in [-0.2, -0.15) is 0 Å². The highest BCUT2D eigenvalue weighted by molar-refractivity contribution is 5.81. The third-order valence-electron chi connectivity index (χ3n) is 2.57. The Hall–Kier alpha value is -1.69. The summed E-state index contributed by atoms with van der Waals surface area (Å²) in [4.78, 5) is 21.7. The first-order valence-electron chi connectivity index (χ1n) is 5.71. The molecule has 0 atom stereocenters. The molecule has 0 aromatic carbocycles. The molecule has 1 aliphatic rings. The predicted molar refractivity (Wildman–Crippen MR) is 64.4 cm³/mol. The molecule has 2 rings (SSSR count). The van der Waals surface area contributed by atoms with Crippen LogP contribution in [0.3, 0.4) is 0 Å². The second kappa shape index (κ2) is 5.09. The molecule has 1 heterocycles. The summed E-state index contributed by atoms with van der Waals surface area (Å²) in [6, 6.07) is 2.15. The zero-order chi connectivity index (χ0) is 12.3. The maximum absolute atomic E-state index is 11.6. The van der Waals surface area contributed by atoms with Crippen LogP contribution in [0.4, 0.5) is 5.95 Å². The Kier molecular flexibility index (Phi) is 3.53. The van der Waals surface area contributed by atoms with Crippen LogP contribution in [0.25, 0.3) is 0 Å². The number of hydrogen-bond acceptors (Lipinski definition) is 5. The van der Waals surface area contributed by atoms with Gasteiger partial charge in [0.2, 0.25) is 11.9 Å². The summed E-state index contributed by atoms with van der Waals surface area (Å²) in [5, 5.41) is 2.92. The summed E-state index contributed by atoms with van der Waals surface area (Å²) in [6.07, 6.45) is 3.84. The van der Waals surface area contributed by atoms with Crippen LogP contribution < -0.4 is 16.0 Å². The number of rotatable bonds is 5. The number of anilines is 1. The van der Waals surface area contributed by atoms with E-state index in [1.165, 1.54) is 0 Å². The van der Waals surface area contributed by atoms with Gasteiger partial charge in [0.25, 0.3) is 0 Å². The Morgan fingerprint density at radius 3 is 3.06 bits per heavy atom. The van der Waals surface area contributed by atoms with Crippen molar-refractivity contribution in [1.29, 1.82) is 0 Å². The van der Waals surface area contributed by atoms with Crippen molar-refractivity contribution in [2.24, 2.45) is 5.73 Å². The molecule has 0 saturated heterocycles. The molecule has 1 fully saturated rings. The zero-order valence-electron chi connectivity index (χ0n) is 9.89. The lowest BCUT2D eigenvalue weighted by molar-refractivity contribution is -0.119. The van der Waals surface area contributed by atoms with E-state index in [1.54, 1.807) is 24.2 Å². The monoisotopic (exact) mass is 235 g/mol. The van der Waals surface area contributed by atoms with Crippen LogP contribution in [0, 0.1) is 0 Å². The van der Waals surface area contributed by atoms with Crippen molar-refractivity contribution in [2.75, 3.05) is 18.5 Å². The van der Waals surface area contributed by atoms with Gasteiger partial charge in [0.15, 0.2) is 0 Å². The van der Waals surface area contributed by atoms with Gasteiger partial charge >= 0.3 is 0 Å². The van der Waals surface area contributed by atoms with E-state index in [0.29, 0.717) is 18.5 Å². The first-order chi connectivity index (χ1) is 8.19. The van der Waals surface area contributed by atoms with Gasteiger partial charge in [0.1, 0.15) is 0 Å². The number of nitrogens with two attached hydrogens (primary N) is 1. The summed E-state index contributed by atoms with van der Waals surface area (Å²) in [5.74, 6) is 0.538. The maximum Gasteiger partial charge on any atom is 0.239 e. The van der Waals surface area contributed by atoms with Crippen molar-refractivity contribution in [1.82, 2.24) is 15.3 Å². The molecule has 17 heavy (non-hydrogen) atoms. The Bertz CT molecular complexity index is 405. The Labute approximate surface area is 100 Å². The molecule has 1 amide bonds. The van der Waals surface area contributed by atoms with E-state index in [2.05, 4.69) is 15.3 Å².